The Morgan fingerprint density at radius 1 is 1.24 bits per heavy atom. The van der Waals surface area contributed by atoms with Gasteiger partial charge in [0.2, 0.25) is 0 Å². The SMILES string of the molecule is CCNc1ccc(N)c(N2CCN(C)CC2)c1. The van der Waals surface area contributed by atoms with Gasteiger partial charge in [-0.15, -0.1) is 0 Å². The van der Waals surface area contributed by atoms with Crippen molar-refractivity contribution < 1.29 is 0 Å². The van der Waals surface area contributed by atoms with Crippen molar-refractivity contribution >= 4 is 17.1 Å². The van der Waals surface area contributed by atoms with Crippen LogP contribution in [0.3, 0.4) is 0 Å². The second-order valence-corrected chi connectivity index (χ2v) is 4.59. The Morgan fingerprint density at radius 3 is 2.59 bits per heavy atom. The van der Waals surface area contributed by atoms with Gasteiger partial charge in [0, 0.05) is 38.4 Å². The van der Waals surface area contributed by atoms with Crippen LogP contribution in [0.5, 0.6) is 0 Å². The van der Waals surface area contributed by atoms with E-state index in [1.54, 1.807) is 0 Å². The van der Waals surface area contributed by atoms with Crippen molar-refractivity contribution in [3.8, 4) is 0 Å². The maximum Gasteiger partial charge on any atom is 0.0621 e. The van der Waals surface area contributed by atoms with Crippen LogP contribution in [0.15, 0.2) is 18.2 Å². The lowest BCUT2D eigenvalue weighted by Gasteiger charge is -2.34. The number of nitrogen functional groups attached to an aromatic ring is 1. The van der Waals surface area contributed by atoms with E-state index in [9.17, 15) is 0 Å². The van der Waals surface area contributed by atoms with Crippen LogP contribution in [0, 0.1) is 0 Å². The second kappa shape index (κ2) is 5.27. The molecule has 0 aliphatic carbocycles. The molecule has 1 fully saturated rings. The fraction of sp³-hybridized carbons (Fsp3) is 0.538. The third kappa shape index (κ3) is 2.82. The van der Waals surface area contributed by atoms with Crippen molar-refractivity contribution in [3.05, 3.63) is 18.2 Å². The van der Waals surface area contributed by atoms with Gasteiger partial charge in [-0.2, -0.15) is 0 Å². The first-order chi connectivity index (χ1) is 8.20. The van der Waals surface area contributed by atoms with E-state index < -0.39 is 0 Å². The van der Waals surface area contributed by atoms with Gasteiger partial charge in [0.25, 0.3) is 0 Å². The highest BCUT2D eigenvalue weighted by Gasteiger charge is 2.16. The van der Waals surface area contributed by atoms with Crippen molar-refractivity contribution in [1.29, 1.82) is 0 Å². The largest absolute Gasteiger partial charge is 0.397 e. The molecule has 0 radical (unpaired) electrons. The molecule has 1 saturated heterocycles. The van der Waals surface area contributed by atoms with Crippen LogP contribution in [0.1, 0.15) is 6.92 Å². The summed E-state index contributed by atoms with van der Waals surface area (Å²) in [6.07, 6.45) is 0. The molecule has 1 aliphatic heterocycles. The summed E-state index contributed by atoms with van der Waals surface area (Å²) < 4.78 is 0. The molecule has 1 aromatic rings. The van der Waals surface area contributed by atoms with E-state index >= 15 is 0 Å². The van der Waals surface area contributed by atoms with E-state index in [1.165, 1.54) is 0 Å². The lowest BCUT2D eigenvalue weighted by Crippen LogP contribution is -2.44. The van der Waals surface area contributed by atoms with Gasteiger partial charge in [0.05, 0.1) is 11.4 Å². The smallest absolute Gasteiger partial charge is 0.0621 e. The summed E-state index contributed by atoms with van der Waals surface area (Å²) in [4.78, 5) is 4.72. The summed E-state index contributed by atoms with van der Waals surface area (Å²) in [5.74, 6) is 0. The summed E-state index contributed by atoms with van der Waals surface area (Å²) in [7, 11) is 2.16. The molecule has 1 aliphatic rings. The first kappa shape index (κ1) is 12.0. The summed E-state index contributed by atoms with van der Waals surface area (Å²) in [5.41, 5.74) is 9.25. The number of hydrogen-bond donors (Lipinski definition) is 2. The van der Waals surface area contributed by atoms with Gasteiger partial charge >= 0.3 is 0 Å². The van der Waals surface area contributed by atoms with Crippen LogP contribution in [-0.4, -0.2) is 44.7 Å². The van der Waals surface area contributed by atoms with Gasteiger partial charge < -0.3 is 20.9 Å². The van der Waals surface area contributed by atoms with Crippen molar-refractivity contribution in [3.63, 3.8) is 0 Å². The molecule has 2 rings (SSSR count). The number of nitrogens with one attached hydrogen (secondary N) is 1. The maximum atomic E-state index is 6.07. The lowest BCUT2D eigenvalue weighted by molar-refractivity contribution is 0.313. The minimum absolute atomic E-state index is 0.871. The van der Waals surface area contributed by atoms with E-state index in [1.807, 2.05) is 12.1 Å². The predicted molar refractivity (Wildman–Crippen MR) is 74.7 cm³/mol. The molecule has 1 aromatic carbocycles. The Balaban J connectivity index is 2.15. The highest BCUT2D eigenvalue weighted by atomic mass is 15.3. The molecule has 0 aromatic heterocycles. The highest BCUT2D eigenvalue weighted by Crippen LogP contribution is 2.27. The van der Waals surface area contributed by atoms with Gasteiger partial charge in [-0.3, -0.25) is 0 Å². The van der Waals surface area contributed by atoms with Crippen molar-refractivity contribution in [2.45, 2.75) is 6.92 Å². The third-order valence-electron chi connectivity index (χ3n) is 3.26. The van der Waals surface area contributed by atoms with Gasteiger partial charge in [-0.05, 0) is 32.2 Å². The Hall–Kier alpha value is -1.42. The first-order valence-corrected chi connectivity index (χ1v) is 6.27. The van der Waals surface area contributed by atoms with E-state index in [4.69, 9.17) is 5.73 Å². The zero-order chi connectivity index (χ0) is 12.3. The molecule has 0 spiro atoms. The minimum Gasteiger partial charge on any atom is -0.397 e. The van der Waals surface area contributed by atoms with Gasteiger partial charge in [0.15, 0.2) is 0 Å². The number of rotatable bonds is 3. The molecule has 17 heavy (non-hydrogen) atoms. The van der Waals surface area contributed by atoms with Crippen molar-refractivity contribution in [2.24, 2.45) is 0 Å². The molecule has 1 heterocycles. The molecule has 4 heteroatoms. The molecule has 0 saturated carbocycles. The molecule has 0 amide bonds. The number of nitrogens with two attached hydrogens (primary N) is 1. The number of nitrogens with zero attached hydrogens (tertiary/aromatic N) is 2. The van der Waals surface area contributed by atoms with Crippen LogP contribution >= 0.6 is 0 Å². The summed E-state index contributed by atoms with van der Waals surface area (Å²) in [6, 6.07) is 6.19. The number of hydrogen-bond acceptors (Lipinski definition) is 4. The first-order valence-electron chi connectivity index (χ1n) is 6.27. The Kier molecular flexibility index (Phi) is 3.74. The number of benzene rings is 1. The fourth-order valence-electron chi connectivity index (χ4n) is 2.18. The average Bonchev–Trinajstić information content (AvgIpc) is 2.33. The predicted octanol–water partition coefficient (Wildman–Crippen LogP) is 1.45. The normalized spacial score (nSPS) is 17.2. The van der Waals surface area contributed by atoms with E-state index in [0.29, 0.717) is 0 Å². The van der Waals surface area contributed by atoms with E-state index in [-0.39, 0.29) is 0 Å². The van der Waals surface area contributed by atoms with Crippen LogP contribution in [-0.2, 0) is 0 Å². The van der Waals surface area contributed by atoms with E-state index in [2.05, 4.69) is 35.2 Å². The molecule has 3 N–H and O–H groups in total. The van der Waals surface area contributed by atoms with Crippen LogP contribution in [0.25, 0.3) is 0 Å². The quantitative estimate of drug-likeness (QED) is 0.777. The molecule has 94 valence electrons. The summed E-state index contributed by atoms with van der Waals surface area (Å²) in [6.45, 7) is 7.35. The summed E-state index contributed by atoms with van der Waals surface area (Å²) >= 11 is 0. The molecule has 0 bridgehead atoms. The fourth-order valence-corrected chi connectivity index (χ4v) is 2.18. The Labute approximate surface area is 103 Å². The molecular formula is C13H22N4. The third-order valence-corrected chi connectivity index (χ3v) is 3.26. The van der Waals surface area contributed by atoms with Crippen molar-refractivity contribution in [1.82, 2.24) is 4.90 Å². The molecule has 4 nitrogen and oxygen atoms in total. The number of anilines is 3. The molecule has 0 unspecified atom stereocenters. The minimum atomic E-state index is 0.871. The zero-order valence-corrected chi connectivity index (χ0v) is 10.7. The lowest BCUT2D eigenvalue weighted by atomic mass is 10.2. The zero-order valence-electron chi connectivity index (χ0n) is 10.7. The van der Waals surface area contributed by atoms with Gasteiger partial charge in [-0.25, -0.2) is 0 Å². The standard InChI is InChI=1S/C13H22N4/c1-3-15-11-4-5-12(14)13(10-11)17-8-6-16(2)7-9-17/h4-5,10,15H,3,6-9,14H2,1-2H3. The monoisotopic (exact) mass is 234 g/mol. The Bertz CT molecular complexity index is 370. The number of likely N-dealkylation sites (N-methyl/N-ethyl adjacent to an activating group) is 1. The summed E-state index contributed by atoms with van der Waals surface area (Å²) in [5, 5.41) is 3.33. The van der Waals surface area contributed by atoms with Crippen LogP contribution < -0.4 is 16.0 Å². The topological polar surface area (TPSA) is 44.5 Å². The van der Waals surface area contributed by atoms with Crippen molar-refractivity contribution in [2.75, 3.05) is 55.7 Å². The molecular weight excluding hydrogens is 212 g/mol. The molecule has 0 atom stereocenters. The van der Waals surface area contributed by atoms with Gasteiger partial charge in [-0.1, -0.05) is 0 Å². The Morgan fingerprint density at radius 2 is 1.94 bits per heavy atom. The van der Waals surface area contributed by atoms with Gasteiger partial charge in [0.1, 0.15) is 0 Å². The maximum absolute atomic E-state index is 6.07. The van der Waals surface area contributed by atoms with Crippen LogP contribution in [0.2, 0.25) is 0 Å². The number of piperazine rings is 1. The second-order valence-electron chi connectivity index (χ2n) is 4.59. The highest BCUT2D eigenvalue weighted by molar-refractivity contribution is 5.73. The average molecular weight is 234 g/mol. The van der Waals surface area contributed by atoms with E-state index in [0.717, 1.165) is 49.8 Å². The van der Waals surface area contributed by atoms with Crippen LogP contribution in [0.4, 0.5) is 17.1 Å².